The van der Waals surface area contributed by atoms with E-state index in [-0.39, 0.29) is 5.56 Å². The van der Waals surface area contributed by atoms with Crippen LogP contribution in [0, 0.1) is 0 Å². The van der Waals surface area contributed by atoms with Crippen molar-refractivity contribution in [2.45, 2.75) is 11.3 Å². The summed E-state index contributed by atoms with van der Waals surface area (Å²) < 4.78 is 12.2. The highest BCUT2D eigenvalue weighted by Gasteiger charge is 2.14. The molecule has 19 heavy (non-hydrogen) atoms. The van der Waals surface area contributed by atoms with Gasteiger partial charge in [0, 0.05) is 5.75 Å². The maximum Gasteiger partial charge on any atom is 0.336 e. The van der Waals surface area contributed by atoms with Crippen molar-refractivity contribution >= 4 is 16.8 Å². The van der Waals surface area contributed by atoms with Crippen molar-refractivity contribution < 1.29 is 14.1 Å². The van der Waals surface area contributed by atoms with Crippen LogP contribution in [-0.2, 0) is 17.2 Å². The molecule has 1 N–H and O–H groups in total. The van der Waals surface area contributed by atoms with Gasteiger partial charge in [0.15, 0.2) is 0 Å². The summed E-state index contributed by atoms with van der Waals surface area (Å²) >= 11 is 0. The van der Waals surface area contributed by atoms with E-state index in [0.29, 0.717) is 17.1 Å². The van der Waals surface area contributed by atoms with Crippen LogP contribution in [0.3, 0.4) is 0 Å². The highest BCUT2D eigenvalue weighted by Crippen LogP contribution is 2.15. The zero-order valence-electron chi connectivity index (χ0n) is 10.3. The first-order chi connectivity index (χ1) is 9.18. The molecule has 1 atom stereocenters. The average Bonchev–Trinajstić information content (AvgIpc) is 2.46. The number of carbonyl (C=O) groups is 1. The Morgan fingerprint density at radius 2 is 1.63 bits per heavy atom. The first-order valence-corrected chi connectivity index (χ1v) is 7.25. The van der Waals surface area contributed by atoms with E-state index in [1.54, 1.807) is 18.2 Å². The lowest BCUT2D eigenvalue weighted by Gasteiger charge is -2.06. The molecule has 0 heterocycles. The number of carboxylic acids is 1. The van der Waals surface area contributed by atoms with Crippen LogP contribution in [0.2, 0.25) is 0 Å². The number of rotatable bonds is 5. The average molecular weight is 274 g/mol. The minimum atomic E-state index is -1.30. The molecule has 0 fully saturated rings. The van der Waals surface area contributed by atoms with Gasteiger partial charge in [0.1, 0.15) is 0 Å². The molecule has 2 rings (SSSR count). The molecule has 0 saturated carbocycles. The van der Waals surface area contributed by atoms with Gasteiger partial charge in [0.05, 0.1) is 21.3 Å². The first-order valence-electron chi connectivity index (χ1n) is 5.93. The SMILES string of the molecule is O=C(O)c1ccccc1S(=O)CCc1ccccc1. The predicted molar refractivity (Wildman–Crippen MR) is 74.8 cm³/mol. The van der Waals surface area contributed by atoms with Crippen molar-refractivity contribution in [3.63, 3.8) is 0 Å². The molecule has 1 unspecified atom stereocenters. The molecule has 0 amide bonds. The summed E-state index contributed by atoms with van der Waals surface area (Å²) in [5.74, 6) is -0.613. The largest absolute Gasteiger partial charge is 0.478 e. The molecule has 2 aromatic rings. The lowest BCUT2D eigenvalue weighted by molar-refractivity contribution is 0.0693. The molecular weight excluding hydrogens is 260 g/mol. The maximum absolute atomic E-state index is 12.2. The van der Waals surface area contributed by atoms with Gasteiger partial charge in [-0.15, -0.1) is 0 Å². The van der Waals surface area contributed by atoms with E-state index >= 15 is 0 Å². The van der Waals surface area contributed by atoms with Gasteiger partial charge in [-0.1, -0.05) is 42.5 Å². The van der Waals surface area contributed by atoms with Crippen LogP contribution >= 0.6 is 0 Å². The Balaban J connectivity index is 2.10. The molecule has 2 aromatic carbocycles. The van der Waals surface area contributed by atoms with E-state index in [0.717, 1.165) is 5.56 Å². The number of aromatic carboxylic acids is 1. The Hall–Kier alpha value is -1.94. The van der Waals surface area contributed by atoms with Crippen molar-refractivity contribution in [1.82, 2.24) is 0 Å². The van der Waals surface area contributed by atoms with E-state index in [1.807, 2.05) is 30.3 Å². The second-order valence-electron chi connectivity index (χ2n) is 4.09. The molecule has 0 radical (unpaired) electrons. The third kappa shape index (κ3) is 3.51. The van der Waals surface area contributed by atoms with E-state index < -0.39 is 16.8 Å². The van der Waals surface area contributed by atoms with Crippen LogP contribution in [0.4, 0.5) is 0 Å². The van der Waals surface area contributed by atoms with Gasteiger partial charge in [-0.3, -0.25) is 4.21 Å². The predicted octanol–water partition coefficient (Wildman–Crippen LogP) is 2.74. The molecule has 0 aromatic heterocycles. The first kappa shape index (κ1) is 13.5. The summed E-state index contributed by atoms with van der Waals surface area (Å²) in [5, 5.41) is 9.07. The van der Waals surface area contributed by atoms with Gasteiger partial charge in [-0.25, -0.2) is 4.79 Å². The smallest absolute Gasteiger partial charge is 0.336 e. The second-order valence-corrected chi connectivity index (χ2v) is 5.63. The highest BCUT2D eigenvalue weighted by atomic mass is 32.2. The van der Waals surface area contributed by atoms with Gasteiger partial charge in [0.25, 0.3) is 0 Å². The maximum atomic E-state index is 12.2. The fraction of sp³-hybridized carbons (Fsp3) is 0.133. The Morgan fingerprint density at radius 1 is 1.00 bits per heavy atom. The number of aryl methyl sites for hydroxylation is 1. The fourth-order valence-corrected chi connectivity index (χ4v) is 3.08. The molecular formula is C15H14O3S. The summed E-state index contributed by atoms with van der Waals surface area (Å²) in [6.45, 7) is 0. The number of hydrogen-bond donors (Lipinski definition) is 1. The Bertz CT molecular complexity index is 593. The van der Waals surface area contributed by atoms with Gasteiger partial charge in [0.2, 0.25) is 0 Å². The van der Waals surface area contributed by atoms with Crippen LogP contribution < -0.4 is 0 Å². The van der Waals surface area contributed by atoms with Gasteiger partial charge in [-0.2, -0.15) is 0 Å². The summed E-state index contributed by atoms with van der Waals surface area (Å²) in [6, 6.07) is 16.2. The quantitative estimate of drug-likeness (QED) is 0.912. The summed E-state index contributed by atoms with van der Waals surface area (Å²) in [5.41, 5.74) is 1.22. The number of hydrogen-bond acceptors (Lipinski definition) is 2. The molecule has 0 aliphatic heterocycles. The van der Waals surface area contributed by atoms with E-state index in [1.165, 1.54) is 6.07 Å². The molecule has 3 nitrogen and oxygen atoms in total. The third-order valence-electron chi connectivity index (χ3n) is 2.78. The highest BCUT2D eigenvalue weighted by molar-refractivity contribution is 7.85. The van der Waals surface area contributed by atoms with Crippen molar-refractivity contribution in [3.8, 4) is 0 Å². The lowest BCUT2D eigenvalue weighted by atomic mass is 10.2. The van der Waals surface area contributed by atoms with Crippen molar-refractivity contribution in [2.75, 3.05) is 5.75 Å². The minimum Gasteiger partial charge on any atom is -0.478 e. The Kier molecular flexibility index (Phi) is 4.47. The zero-order valence-corrected chi connectivity index (χ0v) is 11.1. The standard InChI is InChI=1S/C15H14O3S/c16-15(17)13-8-4-5-9-14(13)19(18)11-10-12-6-2-1-3-7-12/h1-9H,10-11H2,(H,16,17). The Morgan fingerprint density at radius 3 is 2.32 bits per heavy atom. The fourth-order valence-electron chi connectivity index (χ4n) is 1.81. The van der Waals surface area contributed by atoms with Crippen LogP contribution in [0.15, 0.2) is 59.5 Å². The third-order valence-corrected chi connectivity index (χ3v) is 4.20. The van der Waals surface area contributed by atoms with Crippen LogP contribution in [0.5, 0.6) is 0 Å². The monoisotopic (exact) mass is 274 g/mol. The van der Waals surface area contributed by atoms with E-state index in [9.17, 15) is 9.00 Å². The van der Waals surface area contributed by atoms with Crippen molar-refractivity contribution in [2.24, 2.45) is 0 Å². The molecule has 0 spiro atoms. The minimum absolute atomic E-state index is 0.119. The van der Waals surface area contributed by atoms with Gasteiger partial charge < -0.3 is 5.11 Å². The van der Waals surface area contributed by atoms with E-state index in [4.69, 9.17) is 5.11 Å². The molecule has 98 valence electrons. The van der Waals surface area contributed by atoms with Gasteiger partial charge in [-0.05, 0) is 24.1 Å². The van der Waals surface area contributed by atoms with Gasteiger partial charge >= 0.3 is 5.97 Å². The number of carboxylic acid groups (broad SMARTS) is 1. The van der Waals surface area contributed by atoms with Crippen molar-refractivity contribution in [1.29, 1.82) is 0 Å². The second kappa shape index (κ2) is 6.29. The molecule has 0 aliphatic rings. The van der Waals surface area contributed by atoms with Crippen LogP contribution in [0.1, 0.15) is 15.9 Å². The Labute approximate surface area is 114 Å². The zero-order chi connectivity index (χ0) is 13.7. The lowest BCUT2D eigenvalue weighted by Crippen LogP contribution is -2.08. The number of benzene rings is 2. The van der Waals surface area contributed by atoms with Crippen LogP contribution in [-0.4, -0.2) is 21.0 Å². The normalized spacial score (nSPS) is 12.0. The molecule has 0 saturated heterocycles. The van der Waals surface area contributed by atoms with Crippen molar-refractivity contribution in [3.05, 3.63) is 65.7 Å². The molecule has 4 heteroatoms. The summed E-state index contributed by atoms with van der Waals surface area (Å²) in [4.78, 5) is 11.5. The van der Waals surface area contributed by atoms with Crippen LogP contribution in [0.25, 0.3) is 0 Å². The molecule has 0 aliphatic carbocycles. The summed E-state index contributed by atoms with van der Waals surface area (Å²) in [6.07, 6.45) is 0.668. The molecule has 0 bridgehead atoms. The van der Waals surface area contributed by atoms with E-state index in [2.05, 4.69) is 0 Å². The summed E-state index contributed by atoms with van der Waals surface area (Å²) in [7, 11) is -1.30. The topological polar surface area (TPSA) is 54.4 Å².